The van der Waals surface area contributed by atoms with E-state index in [1.165, 1.54) is 38.5 Å². The summed E-state index contributed by atoms with van der Waals surface area (Å²) in [4.78, 5) is 38.2. The summed E-state index contributed by atoms with van der Waals surface area (Å²) in [6, 6.07) is 0. The molecule has 0 aliphatic carbocycles. The summed E-state index contributed by atoms with van der Waals surface area (Å²) in [5, 5.41) is 0. The van der Waals surface area contributed by atoms with Crippen LogP contribution in [0, 0.1) is 0 Å². The summed E-state index contributed by atoms with van der Waals surface area (Å²) in [5.74, 6) is -1.05. The standard InChI is InChI=1S/C71H110O6/c1-4-7-10-13-16-19-22-25-28-30-32-33-34-35-36-37-39-40-43-46-49-52-55-58-61-64-70(73)76-67-68(66-75-69(72)63-60-57-54-51-48-45-42-27-24-21-18-15-12-9-6-3)77-71(74)65-62-59-56-53-50-47-44-41-38-31-29-26-23-20-17-14-11-8-5-2/h7-8,10-11,16-21,25-29,32-33,35-36,38-42,47,50,56,59,68H,4-6,9,12-15,22-24,30-31,34,37,43-46,48-49,51-55,57-58,60-67H2,1-3H3/b10-7-,11-8-,19-16-,20-17-,21-18-,28-25-,29-26-,33-32-,36-35-,40-39-,41-38-,42-27-,50-47-,59-56-. The maximum Gasteiger partial charge on any atom is 0.306 e. The van der Waals surface area contributed by atoms with Crippen LogP contribution in [0.25, 0.3) is 0 Å². The van der Waals surface area contributed by atoms with Gasteiger partial charge in [0.15, 0.2) is 6.10 Å². The number of allylic oxidation sites excluding steroid dienone is 28. The van der Waals surface area contributed by atoms with Crippen LogP contribution in [-0.4, -0.2) is 37.2 Å². The van der Waals surface area contributed by atoms with Crippen molar-refractivity contribution >= 4 is 17.9 Å². The molecule has 430 valence electrons. The highest BCUT2D eigenvalue weighted by Crippen LogP contribution is 2.13. The van der Waals surface area contributed by atoms with E-state index in [9.17, 15) is 14.4 Å². The number of hydrogen-bond donors (Lipinski definition) is 0. The molecular weight excluding hydrogens is 949 g/mol. The van der Waals surface area contributed by atoms with Crippen LogP contribution in [-0.2, 0) is 28.6 Å². The van der Waals surface area contributed by atoms with Crippen LogP contribution in [0.3, 0.4) is 0 Å². The smallest absolute Gasteiger partial charge is 0.306 e. The summed E-state index contributed by atoms with van der Waals surface area (Å²) in [7, 11) is 0. The first-order chi connectivity index (χ1) is 38.0. The van der Waals surface area contributed by atoms with Gasteiger partial charge in [-0.3, -0.25) is 14.4 Å². The molecule has 0 spiro atoms. The van der Waals surface area contributed by atoms with Gasteiger partial charge in [-0.15, -0.1) is 0 Å². The van der Waals surface area contributed by atoms with E-state index in [-0.39, 0.29) is 31.6 Å². The van der Waals surface area contributed by atoms with Crippen molar-refractivity contribution in [1.82, 2.24) is 0 Å². The molecule has 0 aliphatic rings. The number of rotatable bonds is 53. The largest absolute Gasteiger partial charge is 0.462 e. The summed E-state index contributed by atoms with van der Waals surface area (Å²) >= 11 is 0. The first-order valence-electron chi connectivity index (χ1n) is 30.6. The van der Waals surface area contributed by atoms with Gasteiger partial charge in [0, 0.05) is 19.3 Å². The molecule has 0 fully saturated rings. The topological polar surface area (TPSA) is 78.9 Å². The Bertz CT molecular complexity index is 1790. The van der Waals surface area contributed by atoms with E-state index < -0.39 is 12.1 Å². The third kappa shape index (κ3) is 61.5. The highest BCUT2D eigenvalue weighted by Gasteiger charge is 2.19. The van der Waals surface area contributed by atoms with Crippen LogP contribution in [0.2, 0.25) is 0 Å². The van der Waals surface area contributed by atoms with Crippen molar-refractivity contribution < 1.29 is 28.6 Å². The molecule has 0 amide bonds. The van der Waals surface area contributed by atoms with Crippen LogP contribution in [0.5, 0.6) is 0 Å². The molecule has 6 heteroatoms. The lowest BCUT2D eigenvalue weighted by atomic mass is 10.1. The van der Waals surface area contributed by atoms with Gasteiger partial charge in [0.25, 0.3) is 0 Å². The number of ether oxygens (including phenoxy) is 3. The Morgan fingerprint density at radius 1 is 0.273 bits per heavy atom. The van der Waals surface area contributed by atoms with Crippen LogP contribution in [0.15, 0.2) is 170 Å². The first kappa shape index (κ1) is 71.8. The van der Waals surface area contributed by atoms with Crippen LogP contribution >= 0.6 is 0 Å². The van der Waals surface area contributed by atoms with Gasteiger partial charge < -0.3 is 14.2 Å². The van der Waals surface area contributed by atoms with Gasteiger partial charge in [0.05, 0.1) is 0 Å². The molecule has 0 saturated carbocycles. The van der Waals surface area contributed by atoms with Crippen molar-refractivity contribution in [2.45, 2.75) is 245 Å². The maximum atomic E-state index is 12.9. The molecule has 1 unspecified atom stereocenters. The fourth-order valence-electron chi connectivity index (χ4n) is 7.68. The second kappa shape index (κ2) is 63.3. The highest BCUT2D eigenvalue weighted by molar-refractivity contribution is 5.71. The van der Waals surface area contributed by atoms with Gasteiger partial charge in [-0.25, -0.2) is 0 Å². The van der Waals surface area contributed by atoms with E-state index in [1.807, 2.05) is 12.2 Å². The lowest BCUT2D eigenvalue weighted by Gasteiger charge is -2.18. The molecule has 0 aromatic carbocycles. The Morgan fingerprint density at radius 3 is 0.844 bits per heavy atom. The molecule has 0 bridgehead atoms. The minimum absolute atomic E-state index is 0.128. The molecule has 0 heterocycles. The first-order valence-corrected chi connectivity index (χ1v) is 30.6. The van der Waals surface area contributed by atoms with Gasteiger partial charge >= 0.3 is 17.9 Å². The van der Waals surface area contributed by atoms with Crippen molar-refractivity contribution in [3.63, 3.8) is 0 Å². The van der Waals surface area contributed by atoms with E-state index >= 15 is 0 Å². The molecule has 0 saturated heterocycles. The monoisotopic (exact) mass is 1060 g/mol. The van der Waals surface area contributed by atoms with Gasteiger partial charge in [0.2, 0.25) is 0 Å². The quantitative estimate of drug-likeness (QED) is 0.0261. The number of carbonyl (C=O) groups is 3. The Labute approximate surface area is 472 Å². The van der Waals surface area contributed by atoms with Crippen LogP contribution < -0.4 is 0 Å². The van der Waals surface area contributed by atoms with E-state index in [2.05, 4.69) is 179 Å². The normalized spacial score (nSPS) is 13.3. The van der Waals surface area contributed by atoms with Gasteiger partial charge in [0.1, 0.15) is 13.2 Å². The number of esters is 3. The average molecular weight is 1060 g/mol. The highest BCUT2D eigenvalue weighted by atomic mass is 16.6. The Morgan fingerprint density at radius 2 is 0.532 bits per heavy atom. The van der Waals surface area contributed by atoms with Crippen LogP contribution in [0.1, 0.15) is 239 Å². The van der Waals surface area contributed by atoms with Crippen molar-refractivity contribution in [3.05, 3.63) is 170 Å². The molecule has 0 aromatic rings. The van der Waals surface area contributed by atoms with E-state index in [0.717, 1.165) is 154 Å². The minimum Gasteiger partial charge on any atom is -0.462 e. The molecule has 0 aromatic heterocycles. The zero-order valence-corrected chi connectivity index (χ0v) is 49.1. The predicted molar refractivity (Wildman–Crippen MR) is 334 cm³/mol. The zero-order valence-electron chi connectivity index (χ0n) is 49.1. The zero-order chi connectivity index (χ0) is 55.7. The molecule has 0 aliphatic heterocycles. The summed E-state index contributed by atoms with van der Waals surface area (Å²) in [6.45, 7) is 6.29. The third-order valence-electron chi connectivity index (χ3n) is 12.2. The lowest BCUT2D eigenvalue weighted by Crippen LogP contribution is -2.30. The SMILES string of the molecule is CC/C=C\C/C=C\C/C=C\C/C=C\C/C=C\C/C=C\CCCCCCCCC(=O)OCC(COC(=O)CCCCCCC/C=C\C/C=C\CCCCC)OC(=O)CC/C=C\C/C=C\C/C=C\C/C=C\C/C=C\C/C=C\CC. The lowest BCUT2D eigenvalue weighted by molar-refractivity contribution is -0.166. The number of unbranched alkanes of at least 4 members (excludes halogenated alkanes) is 14. The third-order valence-corrected chi connectivity index (χ3v) is 12.2. The second-order valence-electron chi connectivity index (χ2n) is 19.5. The Balaban J connectivity index is 4.55. The summed E-state index contributed by atoms with van der Waals surface area (Å²) in [5.41, 5.74) is 0. The van der Waals surface area contributed by atoms with Crippen molar-refractivity contribution in [3.8, 4) is 0 Å². The molecular formula is C71H110O6. The van der Waals surface area contributed by atoms with Crippen molar-refractivity contribution in [2.24, 2.45) is 0 Å². The molecule has 1 atom stereocenters. The fourth-order valence-corrected chi connectivity index (χ4v) is 7.68. The molecule has 0 radical (unpaired) electrons. The van der Waals surface area contributed by atoms with E-state index in [0.29, 0.717) is 19.3 Å². The maximum absolute atomic E-state index is 12.9. The minimum atomic E-state index is -0.841. The predicted octanol–water partition coefficient (Wildman–Crippen LogP) is 21.1. The van der Waals surface area contributed by atoms with Gasteiger partial charge in [-0.05, 0) is 141 Å². The number of carbonyl (C=O) groups excluding carboxylic acids is 3. The molecule has 0 rings (SSSR count). The fraction of sp³-hybridized carbons (Fsp3) is 0.563. The Kier molecular flexibility index (Phi) is 59.0. The second-order valence-corrected chi connectivity index (χ2v) is 19.5. The molecule has 0 N–H and O–H groups in total. The molecule has 6 nitrogen and oxygen atoms in total. The van der Waals surface area contributed by atoms with Crippen molar-refractivity contribution in [1.29, 1.82) is 0 Å². The van der Waals surface area contributed by atoms with Gasteiger partial charge in [-0.1, -0.05) is 249 Å². The van der Waals surface area contributed by atoms with E-state index in [4.69, 9.17) is 14.2 Å². The summed E-state index contributed by atoms with van der Waals surface area (Å²) < 4.78 is 16.8. The Hall–Kier alpha value is -5.23. The van der Waals surface area contributed by atoms with Gasteiger partial charge in [-0.2, -0.15) is 0 Å². The number of hydrogen-bond acceptors (Lipinski definition) is 6. The van der Waals surface area contributed by atoms with E-state index in [1.54, 1.807) is 0 Å². The summed E-state index contributed by atoms with van der Waals surface area (Å²) in [6.07, 6.45) is 93.6. The average Bonchev–Trinajstić information content (AvgIpc) is 3.43. The van der Waals surface area contributed by atoms with Crippen LogP contribution in [0.4, 0.5) is 0 Å². The van der Waals surface area contributed by atoms with Crippen molar-refractivity contribution in [2.75, 3.05) is 13.2 Å². The molecule has 77 heavy (non-hydrogen) atoms.